The summed E-state index contributed by atoms with van der Waals surface area (Å²) < 4.78 is 0. The normalized spacial score (nSPS) is 10.2. The first-order valence-corrected chi connectivity index (χ1v) is 7.87. The molecular weight excluding hydrogens is 288 g/mol. The molecule has 0 heterocycles. The molecule has 0 aliphatic rings. The second-order valence-corrected chi connectivity index (χ2v) is 5.23. The smallest absolute Gasteiger partial charge is 0.255 e. The first-order chi connectivity index (χ1) is 11.2. The topological polar surface area (TPSA) is 49.4 Å². The van der Waals surface area contributed by atoms with Gasteiger partial charge in [0.2, 0.25) is 5.91 Å². The van der Waals surface area contributed by atoms with Crippen molar-refractivity contribution in [3.8, 4) is 0 Å². The molecule has 0 aromatic heterocycles. The van der Waals surface area contributed by atoms with Gasteiger partial charge in [-0.1, -0.05) is 42.5 Å². The molecule has 4 nitrogen and oxygen atoms in total. The monoisotopic (exact) mass is 310 g/mol. The summed E-state index contributed by atoms with van der Waals surface area (Å²) in [5, 5.41) is 2.86. The van der Waals surface area contributed by atoms with E-state index in [9.17, 15) is 9.59 Å². The molecule has 0 bridgehead atoms. The molecule has 0 fully saturated rings. The predicted octanol–water partition coefficient (Wildman–Crippen LogP) is 3.35. The summed E-state index contributed by atoms with van der Waals surface area (Å²) in [5.74, 6) is -0.193. The Kier molecular flexibility index (Phi) is 5.92. The standard InChI is InChI=1S/C19H22N2O2/c1-3-21(4-2)19(23)16-12-8-9-13-17(16)20-18(22)14-15-10-6-5-7-11-15/h5-13H,3-4,14H2,1-2H3,(H,20,22). The van der Waals surface area contributed by atoms with Crippen LogP contribution in [0.1, 0.15) is 29.8 Å². The molecule has 0 radical (unpaired) electrons. The van der Waals surface area contributed by atoms with Crippen LogP contribution in [0, 0.1) is 0 Å². The summed E-state index contributed by atoms with van der Waals surface area (Å²) in [6.07, 6.45) is 0.286. The summed E-state index contributed by atoms with van der Waals surface area (Å²) in [6, 6.07) is 16.7. The molecule has 120 valence electrons. The van der Waals surface area contributed by atoms with Gasteiger partial charge in [0, 0.05) is 13.1 Å². The summed E-state index contributed by atoms with van der Waals surface area (Å²) in [7, 11) is 0. The van der Waals surface area contributed by atoms with Crippen LogP contribution in [0.2, 0.25) is 0 Å². The molecule has 2 amide bonds. The minimum atomic E-state index is -0.129. The van der Waals surface area contributed by atoms with E-state index in [4.69, 9.17) is 0 Å². The summed E-state index contributed by atoms with van der Waals surface area (Å²) in [5.41, 5.74) is 2.03. The number of nitrogens with zero attached hydrogens (tertiary/aromatic N) is 1. The van der Waals surface area contributed by atoms with Crippen LogP contribution in [-0.2, 0) is 11.2 Å². The number of amides is 2. The Bertz CT molecular complexity index is 664. The third kappa shape index (κ3) is 4.42. The van der Waals surface area contributed by atoms with E-state index < -0.39 is 0 Å². The van der Waals surface area contributed by atoms with E-state index in [1.807, 2.05) is 56.3 Å². The molecule has 0 aliphatic carbocycles. The highest BCUT2D eigenvalue weighted by Crippen LogP contribution is 2.18. The largest absolute Gasteiger partial charge is 0.339 e. The minimum Gasteiger partial charge on any atom is -0.339 e. The van der Waals surface area contributed by atoms with Gasteiger partial charge in [0.15, 0.2) is 0 Å². The fraction of sp³-hybridized carbons (Fsp3) is 0.263. The molecule has 0 aliphatic heterocycles. The van der Waals surface area contributed by atoms with Crippen LogP contribution >= 0.6 is 0 Å². The maximum absolute atomic E-state index is 12.5. The molecule has 0 saturated carbocycles. The van der Waals surface area contributed by atoms with Gasteiger partial charge in [-0.2, -0.15) is 0 Å². The van der Waals surface area contributed by atoms with E-state index in [-0.39, 0.29) is 18.2 Å². The molecule has 2 aromatic carbocycles. The van der Waals surface area contributed by atoms with Crippen molar-refractivity contribution in [3.63, 3.8) is 0 Å². The lowest BCUT2D eigenvalue weighted by Gasteiger charge is -2.20. The lowest BCUT2D eigenvalue weighted by Crippen LogP contribution is -2.31. The molecule has 0 unspecified atom stereocenters. The van der Waals surface area contributed by atoms with E-state index in [0.29, 0.717) is 24.3 Å². The Labute approximate surface area is 137 Å². The first kappa shape index (κ1) is 16.7. The van der Waals surface area contributed by atoms with Crippen LogP contribution in [0.4, 0.5) is 5.69 Å². The van der Waals surface area contributed by atoms with Gasteiger partial charge in [0.05, 0.1) is 17.7 Å². The number of hydrogen-bond acceptors (Lipinski definition) is 2. The van der Waals surface area contributed by atoms with Crippen LogP contribution in [0.25, 0.3) is 0 Å². The average molecular weight is 310 g/mol. The first-order valence-electron chi connectivity index (χ1n) is 7.87. The number of carbonyl (C=O) groups is 2. The minimum absolute atomic E-state index is 0.0642. The second-order valence-electron chi connectivity index (χ2n) is 5.23. The van der Waals surface area contributed by atoms with E-state index in [0.717, 1.165) is 5.56 Å². The van der Waals surface area contributed by atoms with Gasteiger partial charge in [0.1, 0.15) is 0 Å². The van der Waals surface area contributed by atoms with Crippen molar-refractivity contribution in [2.24, 2.45) is 0 Å². The Morgan fingerprint density at radius 3 is 2.17 bits per heavy atom. The molecule has 2 aromatic rings. The number of anilines is 1. The third-order valence-corrected chi connectivity index (χ3v) is 3.69. The molecular formula is C19H22N2O2. The van der Waals surface area contributed by atoms with Crippen molar-refractivity contribution in [2.75, 3.05) is 18.4 Å². The molecule has 1 N–H and O–H groups in total. The van der Waals surface area contributed by atoms with Crippen LogP contribution in [0.15, 0.2) is 54.6 Å². The lowest BCUT2D eigenvalue weighted by molar-refractivity contribution is -0.115. The van der Waals surface area contributed by atoms with Crippen molar-refractivity contribution < 1.29 is 9.59 Å². The van der Waals surface area contributed by atoms with Gasteiger partial charge >= 0.3 is 0 Å². The van der Waals surface area contributed by atoms with Crippen molar-refractivity contribution in [1.29, 1.82) is 0 Å². The highest BCUT2D eigenvalue weighted by atomic mass is 16.2. The van der Waals surface area contributed by atoms with E-state index in [1.165, 1.54) is 0 Å². The summed E-state index contributed by atoms with van der Waals surface area (Å²) in [4.78, 5) is 26.5. The second kappa shape index (κ2) is 8.13. The van der Waals surface area contributed by atoms with Crippen LogP contribution < -0.4 is 5.32 Å². The fourth-order valence-corrected chi connectivity index (χ4v) is 2.44. The Balaban J connectivity index is 2.14. The maximum atomic E-state index is 12.5. The molecule has 0 saturated heterocycles. The zero-order valence-electron chi connectivity index (χ0n) is 13.6. The van der Waals surface area contributed by atoms with E-state index in [1.54, 1.807) is 17.0 Å². The fourth-order valence-electron chi connectivity index (χ4n) is 2.44. The maximum Gasteiger partial charge on any atom is 0.255 e. The van der Waals surface area contributed by atoms with Gasteiger partial charge in [-0.3, -0.25) is 9.59 Å². The van der Waals surface area contributed by atoms with Gasteiger partial charge in [-0.15, -0.1) is 0 Å². The highest BCUT2D eigenvalue weighted by Gasteiger charge is 2.17. The Morgan fingerprint density at radius 1 is 0.913 bits per heavy atom. The van der Waals surface area contributed by atoms with Gasteiger partial charge in [-0.05, 0) is 31.5 Å². The number of hydrogen-bond donors (Lipinski definition) is 1. The van der Waals surface area contributed by atoms with E-state index in [2.05, 4.69) is 5.32 Å². The number of para-hydroxylation sites is 1. The van der Waals surface area contributed by atoms with Crippen LogP contribution in [0.3, 0.4) is 0 Å². The quantitative estimate of drug-likeness (QED) is 0.889. The molecule has 2 rings (SSSR count). The predicted molar refractivity (Wildman–Crippen MR) is 92.5 cm³/mol. The van der Waals surface area contributed by atoms with Gasteiger partial charge in [-0.25, -0.2) is 0 Å². The number of benzene rings is 2. The van der Waals surface area contributed by atoms with Crippen molar-refractivity contribution >= 4 is 17.5 Å². The summed E-state index contributed by atoms with van der Waals surface area (Å²) in [6.45, 7) is 5.17. The molecule has 0 atom stereocenters. The molecule has 23 heavy (non-hydrogen) atoms. The van der Waals surface area contributed by atoms with Gasteiger partial charge in [0.25, 0.3) is 5.91 Å². The lowest BCUT2D eigenvalue weighted by atomic mass is 10.1. The van der Waals surface area contributed by atoms with Crippen LogP contribution in [0.5, 0.6) is 0 Å². The molecule has 0 spiro atoms. The SMILES string of the molecule is CCN(CC)C(=O)c1ccccc1NC(=O)Cc1ccccc1. The third-order valence-electron chi connectivity index (χ3n) is 3.69. The molecule has 4 heteroatoms. The zero-order valence-corrected chi connectivity index (χ0v) is 13.6. The van der Waals surface area contributed by atoms with Gasteiger partial charge < -0.3 is 10.2 Å². The Morgan fingerprint density at radius 2 is 1.52 bits per heavy atom. The average Bonchev–Trinajstić information content (AvgIpc) is 2.57. The number of nitrogens with one attached hydrogen (secondary N) is 1. The number of carbonyl (C=O) groups excluding carboxylic acids is 2. The van der Waals surface area contributed by atoms with Crippen LogP contribution in [-0.4, -0.2) is 29.8 Å². The van der Waals surface area contributed by atoms with Crippen molar-refractivity contribution in [3.05, 3.63) is 65.7 Å². The number of rotatable bonds is 6. The Hall–Kier alpha value is -2.62. The zero-order chi connectivity index (χ0) is 16.7. The van der Waals surface area contributed by atoms with Crippen molar-refractivity contribution in [1.82, 2.24) is 4.90 Å². The summed E-state index contributed by atoms with van der Waals surface area (Å²) >= 11 is 0. The highest BCUT2D eigenvalue weighted by molar-refractivity contribution is 6.04. The van der Waals surface area contributed by atoms with Crippen molar-refractivity contribution in [2.45, 2.75) is 20.3 Å². The van der Waals surface area contributed by atoms with E-state index >= 15 is 0 Å².